The van der Waals surface area contributed by atoms with Crippen LogP contribution in [0.4, 0.5) is 0 Å². The molecule has 0 N–H and O–H groups in total. The molecule has 24 heavy (non-hydrogen) atoms. The summed E-state index contributed by atoms with van der Waals surface area (Å²) < 4.78 is 8.05. The lowest BCUT2D eigenvalue weighted by molar-refractivity contribution is -0.145. The molecule has 0 aromatic carbocycles. The Morgan fingerprint density at radius 2 is 2.25 bits per heavy atom. The average Bonchev–Trinajstić information content (AvgIpc) is 2.89. The Balaban J connectivity index is 1.83. The zero-order valence-corrected chi connectivity index (χ0v) is 16.4. The van der Waals surface area contributed by atoms with E-state index in [0.717, 1.165) is 33.6 Å². The first kappa shape index (κ1) is 17.4. The zero-order chi connectivity index (χ0) is 17.3. The van der Waals surface area contributed by atoms with Gasteiger partial charge in [0.2, 0.25) is 0 Å². The zero-order valence-electron chi connectivity index (χ0n) is 14.3. The Kier molecular flexibility index (Phi) is 5.22. The Morgan fingerprint density at radius 3 is 2.96 bits per heavy atom. The normalized spacial score (nSPS) is 17.0. The van der Waals surface area contributed by atoms with Gasteiger partial charge in [0.15, 0.2) is 0 Å². The summed E-state index contributed by atoms with van der Waals surface area (Å²) >= 11 is 2.36. The lowest BCUT2D eigenvalue weighted by Gasteiger charge is -2.18. The van der Waals surface area contributed by atoms with E-state index >= 15 is 0 Å². The number of ether oxygens (including phenoxy) is 1. The minimum atomic E-state index is -0.128. The van der Waals surface area contributed by atoms with Crippen LogP contribution in [-0.4, -0.2) is 27.8 Å². The molecule has 3 rings (SSSR count). The van der Waals surface area contributed by atoms with Crippen LogP contribution < -0.4 is 0 Å². The van der Waals surface area contributed by atoms with Gasteiger partial charge in [-0.2, -0.15) is 5.10 Å². The van der Waals surface area contributed by atoms with E-state index in [1.807, 2.05) is 10.7 Å². The first-order valence-corrected chi connectivity index (χ1v) is 9.35. The second kappa shape index (κ2) is 7.21. The fourth-order valence-electron chi connectivity index (χ4n) is 3.12. The second-order valence-corrected chi connectivity index (χ2v) is 7.57. The van der Waals surface area contributed by atoms with Crippen molar-refractivity contribution < 1.29 is 9.53 Å². The highest BCUT2D eigenvalue weighted by molar-refractivity contribution is 14.1. The number of carbonyl (C=O) groups excluding carboxylic acids is 1. The highest BCUT2D eigenvalue weighted by Gasteiger charge is 2.29. The molecule has 0 spiro atoms. The summed E-state index contributed by atoms with van der Waals surface area (Å²) in [6.45, 7) is 4.96. The number of pyridine rings is 1. The molecule has 128 valence electrons. The van der Waals surface area contributed by atoms with Gasteiger partial charge in [-0.1, -0.05) is 19.9 Å². The van der Waals surface area contributed by atoms with E-state index in [2.05, 4.69) is 48.6 Å². The number of nitrogens with zero attached hydrogens (tertiary/aromatic N) is 3. The van der Waals surface area contributed by atoms with Gasteiger partial charge in [0.05, 0.1) is 31.0 Å². The van der Waals surface area contributed by atoms with E-state index in [4.69, 9.17) is 14.8 Å². The van der Waals surface area contributed by atoms with Crippen molar-refractivity contribution >= 4 is 28.6 Å². The van der Waals surface area contributed by atoms with Crippen LogP contribution in [0.3, 0.4) is 0 Å². The number of esters is 1. The molecule has 0 fully saturated rings. The summed E-state index contributed by atoms with van der Waals surface area (Å²) in [5.74, 6) is 0.219. The Morgan fingerprint density at radius 1 is 1.46 bits per heavy atom. The van der Waals surface area contributed by atoms with Crippen molar-refractivity contribution in [3.8, 4) is 0 Å². The molecular weight excluding hydrogens is 417 g/mol. The molecule has 5 nitrogen and oxygen atoms in total. The molecule has 1 aliphatic carbocycles. The molecule has 2 aromatic heterocycles. The Labute approximate surface area is 155 Å². The summed E-state index contributed by atoms with van der Waals surface area (Å²) in [6, 6.07) is 6.16. The number of methoxy groups -OCH3 is 1. The van der Waals surface area contributed by atoms with Crippen molar-refractivity contribution in [1.29, 1.82) is 0 Å². The van der Waals surface area contributed by atoms with Crippen LogP contribution in [0.1, 0.15) is 48.8 Å². The van der Waals surface area contributed by atoms with Crippen LogP contribution >= 0.6 is 22.6 Å². The number of halogens is 1. The number of hydrogen-bond donors (Lipinski definition) is 0. The van der Waals surface area contributed by atoms with Gasteiger partial charge in [0.25, 0.3) is 0 Å². The van der Waals surface area contributed by atoms with Crippen molar-refractivity contribution in [1.82, 2.24) is 14.8 Å². The topological polar surface area (TPSA) is 57.0 Å². The number of carbonyl (C=O) groups is 1. The minimum absolute atomic E-state index is 0.0657. The summed E-state index contributed by atoms with van der Waals surface area (Å²) in [7, 11) is 1.45. The third-order valence-corrected chi connectivity index (χ3v) is 5.72. The number of fused-ring (bicyclic) bond motifs is 1. The van der Waals surface area contributed by atoms with Gasteiger partial charge >= 0.3 is 5.97 Å². The molecule has 1 aliphatic rings. The van der Waals surface area contributed by atoms with E-state index in [0.29, 0.717) is 18.9 Å². The standard InChI is InChI=1S/C18H22IN3O2/c1-11(2)15-6-4-5-13(20-15)10-22-17(19)14-8-7-12(18(23)24-3)9-16(14)21-22/h4-6,11-12H,7-10H2,1-3H3/t12-/m0/s1. The van der Waals surface area contributed by atoms with E-state index in [9.17, 15) is 4.79 Å². The van der Waals surface area contributed by atoms with Crippen LogP contribution in [0.15, 0.2) is 18.2 Å². The SMILES string of the molecule is COC(=O)[C@H]1CCc2c(nn(Cc3cccc(C(C)C)n3)c2I)C1. The molecule has 6 heteroatoms. The maximum absolute atomic E-state index is 11.8. The van der Waals surface area contributed by atoms with Crippen molar-refractivity contribution in [2.45, 2.75) is 45.6 Å². The predicted octanol–water partition coefficient (Wildman–Crippen LogP) is 3.33. The van der Waals surface area contributed by atoms with Gasteiger partial charge in [-0.15, -0.1) is 0 Å². The van der Waals surface area contributed by atoms with Gasteiger partial charge in [-0.05, 0) is 53.5 Å². The van der Waals surface area contributed by atoms with Gasteiger partial charge in [-0.25, -0.2) is 0 Å². The molecule has 1 atom stereocenters. The van der Waals surface area contributed by atoms with Gasteiger partial charge < -0.3 is 4.74 Å². The van der Waals surface area contributed by atoms with Crippen LogP contribution in [-0.2, 0) is 28.9 Å². The van der Waals surface area contributed by atoms with Crippen LogP contribution in [0, 0.1) is 9.62 Å². The first-order chi connectivity index (χ1) is 11.5. The fourth-order valence-corrected chi connectivity index (χ4v) is 3.98. The smallest absolute Gasteiger partial charge is 0.309 e. The Bertz CT molecular complexity index is 755. The van der Waals surface area contributed by atoms with Gasteiger partial charge in [0, 0.05) is 17.7 Å². The van der Waals surface area contributed by atoms with Crippen LogP contribution in [0.2, 0.25) is 0 Å². The van der Waals surface area contributed by atoms with E-state index in [-0.39, 0.29) is 11.9 Å². The van der Waals surface area contributed by atoms with Crippen molar-refractivity contribution in [2.24, 2.45) is 5.92 Å². The van der Waals surface area contributed by atoms with Crippen molar-refractivity contribution in [2.75, 3.05) is 7.11 Å². The highest BCUT2D eigenvalue weighted by Crippen LogP contribution is 2.29. The Hall–Kier alpha value is -1.44. The second-order valence-electron chi connectivity index (χ2n) is 6.55. The number of aromatic nitrogens is 3. The average molecular weight is 439 g/mol. The van der Waals surface area contributed by atoms with Crippen LogP contribution in [0.5, 0.6) is 0 Å². The number of hydrogen-bond acceptors (Lipinski definition) is 4. The van der Waals surface area contributed by atoms with Crippen molar-refractivity contribution in [3.63, 3.8) is 0 Å². The molecule has 0 aliphatic heterocycles. The summed E-state index contributed by atoms with van der Waals surface area (Å²) in [4.78, 5) is 16.5. The summed E-state index contributed by atoms with van der Waals surface area (Å²) in [6.07, 6.45) is 2.39. The fraction of sp³-hybridized carbons (Fsp3) is 0.500. The van der Waals surface area contributed by atoms with Gasteiger partial charge in [0.1, 0.15) is 3.70 Å². The molecule has 0 amide bonds. The van der Waals surface area contributed by atoms with E-state index in [1.165, 1.54) is 12.7 Å². The molecule has 2 heterocycles. The number of rotatable bonds is 4. The summed E-state index contributed by atoms with van der Waals surface area (Å²) in [5, 5.41) is 4.75. The molecule has 0 saturated heterocycles. The highest BCUT2D eigenvalue weighted by atomic mass is 127. The first-order valence-electron chi connectivity index (χ1n) is 8.27. The van der Waals surface area contributed by atoms with E-state index < -0.39 is 0 Å². The molecular formula is C18H22IN3O2. The van der Waals surface area contributed by atoms with Gasteiger partial charge in [-0.3, -0.25) is 14.5 Å². The molecule has 0 radical (unpaired) electrons. The molecule has 0 bridgehead atoms. The maximum atomic E-state index is 11.8. The molecule has 0 unspecified atom stereocenters. The lowest BCUT2D eigenvalue weighted by atomic mass is 9.88. The summed E-state index contributed by atoms with van der Waals surface area (Å²) in [5.41, 5.74) is 4.42. The molecule has 0 saturated carbocycles. The molecule has 2 aromatic rings. The predicted molar refractivity (Wildman–Crippen MR) is 99.9 cm³/mol. The lowest BCUT2D eigenvalue weighted by Crippen LogP contribution is -2.23. The minimum Gasteiger partial charge on any atom is -0.469 e. The maximum Gasteiger partial charge on any atom is 0.309 e. The quantitative estimate of drug-likeness (QED) is 0.542. The van der Waals surface area contributed by atoms with Crippen molar-refractivity contribution in [3.05, 3.63) is 44.5 Å². The third kappa shape index (κ3) is 3.48. The monoisotopic (exact) mass is 439 g/mol. The third-order valence-electron chi connectivity index (χ3n) is 4.51. The van der Waals surface area contributed by atoms with Crippen LogP contribution in [0.25, 0.3) is 0 Å². The largest absolute Gasteiger partial charge is 0.469 e. The van der Waals surface area contributed by atoms with E-state index in [1.54, 1.807) is 0 Å².